The number of nitrogens with zero attached hydrogens (tertiary/aromatic N) is 4. The summed E-state index contributed by atoms with van der Waals surface area (Å²) in [6.45, 7) is 4.74. The van der Waals surface area contributed by atoms with E-state index in [0.717, 1.165) is 48.0 Å². The van der Waals surface area contributed by atoms with E-state index in [1.807, 2.05) is 37.2 Å². The Balaban J connectivity index is 1.43. The topological polar surface area (TPSA) is 86.5 Å². The van der Waals surface area contributed by atoms with Crippen LogP contribution in [0.1, 0.15) is 41.0 Å². The molecule has 5 rings (SSSR count). The molecule has 1 amide bonds. The number of anilines is 3. The lowest BCUT2D eigenvalue weighted by Crippen LogP contribution is -2.30. The van der Waals surface area contributed by atoms with Gasteiger partial charge in [0.05, 0.1) is 17.1 Å². The number of carbonyl (C=O) groups excluding carboxylic acids is 1. The SMILES string of the molecule is Cc1cc(-c2nc(C(=O)Nc3cc4c(cc3N3CCCCC3)CN(C)N4)co2)ccn1. The molecule has 160 valence electrons. The molecular formula is C23H26N6O2. The summed E-state index contributed by atoms with van der Waals surface area (Å²) in [4.78, 5) is 24.0. The Kier molecular flexibility index (Phi) is 5.07. The summed E-state index contributed by atoms with van der Waals surface area (Å²) >= 11 is 0. The molecule has 3 aromatic rings. The second-order valence-corrected chi connectivity index (χ2v) is 8.22. The maximum Gasteiger partial charge on any atom is 0.277 e. The van der Waals surface area contributed by atoms with Gasteiger partial charge in [0.25, 0.3) is 5.91 Å². The van der Waals surface area contributed by atoms with Gasteiger partial charge in [-0.25, -0.2) is 9.99 Å². The number of oxazole rings is 1. The quantitative estimate of drug-likeness (QED) is 0.661. The molecule has 0 spiro atoms. The molecule has 8 nitrogen and oxygen atoms in total. The molecule has 2 aliphatic heterocycles. The number of amides is 1. The zero-order valence-electron chi connectivity index (χ0n) is 17.8. The van der Waals surface area contributed by atoms with Crippen LogP contribution in [0.2, 0.25) is 0 Å². The summed E-state index contributed by atoms with van der Waals surface area (Å²) in [5.74, 6) is 0.120. The lowest BCUT2D eigenvalue weighted by atomic mass is 10.1. The van der Waals surface area contributed by atoms with E-state index in [4.69, 9.17) is 4.42 Å². The standard InChI is InChI=1S/C23H26N6O2/c1-15-10-16(6-7-24-15)23-26-20(14-31-23)22(30)25-19-12-18-17(13-28(2)27-18)11-21(19)29-8-4-3-5-9-29/h6-7,10-12,14,27H,3-5,8-9,13H2,1-2H3,(H,25,30). The smallest absolute Gasteiger partial charge is 0.277 e. The van der Waals surface area contributed by atoms with E-state index in [1.165, 1.54) is 31.1 Å². The molecule has 0 saturated carbocycles. The Labute approximate surface area is 181 Å². The van der Waals surface area contributed by atoms with Crippen molar-refractivity contribution in [1.29, 1.82) is 0 Å². The normalized spacial score (nSPS) is 16.1. The summed E-state index contributed by atoms with van der Waals surface area (Å²) < 4.78 is 5.57. The van der Waals surface area contributed by atoms with Crippen LogP contribution in [0.15, 0.2) is 41.1 Å². The Morgan fingerprint density at radius 1 is 1.19 bits per heavy atom. The lowest BCUT2D eigenvalue weighted by molar-refractivity contribution is 0.102. The summed E-state index contributed by atoms with van der Waals surface area (Å²) in [6, 6.07) is 7.91. The number of hydrazine groups is 1. The number of fused-ring (bicyclic) bond motifs is 1. The first-order valence-electron chi connectivity index (χ1n) is 10.7. The number of nitrogens with one attached hydrogen (secondary N) is 2. The summed E-state index contributed by atoms with van der Waals surface area (Å²) in [6.07, 6.45) is 6.69. The van der Waals surface area contributed by atoms with Gasteiger partial charge in [-0.15, -0.1) is 0 Å². The molecule has 2 aliphatic rings. The van der Waals surface area contributed by atoms with E-state index in [-0.39, 0.29) is 11.6 Å². The number of piperidine rings is 1. The van der Waals surface area contributed by atoms with Crippen molar-refractivity contribution < 1.29 is 9.21 Å². The van der Waals surface area contributed by atoms with Crippen LogP contribution >= 0.6 is 0 Å². The number of rotatable bonds is 4. The highest BCUT2D eigenvalue weighted by atomic mass is 16.3. The third-order valence-electron chi connectivity index (χ3n) is 5.77. The number of aromatic nitrogens is 2. The Morgan fingerprint density at radius 2 is 2.03 bits per heavy atom. The van der Waals surface area contributed by atoms with E-state index in [1.54, 1.807) is 6.20 Å². The van der Waals surface area contributed by atoms with Gasteiger partial charge in [0, 0.05) is 44.1 Å². The average Bonchev–Trinajstić information content (AvgIpc) is 3.40. The minimum atomic E-state index is -0.287. The van der Waals surface area contributed by atoms with Gasteiger partial charge in [-0.05, 0) is 56.0 Å². The average molecular weight is 419 g/mol. The first kappa shape index (κ1) is 19.6. The van der Waals surface area contributed by atoms with E-state index >= 15 is 0 Å². The molecular weight excluding hydrogens is 392 g/mol. The maximum absolute atomic E-state index is 13.0. The van der Waals surface area contributed by atoms with Crippen LogP contribution in [0.4, 0.5) is 17.1 Å². The van der Waals surface area contributed by atoms with Crippen LogP contribution in [0.5, 0.6) is 0 Å². The molecule has 2 aromatic heterocycles. The third-order valence-corrected chi connectivity index (χ3v) is 5.77. The molecule has 2 N–H and O–H groups in total. The van der Waals surface area contributed by atoms with Crippen LogP contribution in [0, 0.1) is 6.92 Å². The van der Waals surface area contributed by atoms with E-state index < -0.39 is 0 Å². The Hall–Kier alpha value is -3.39. The highest BCUT2D eigenvalue weighted by molar-refractivity contribution is 6.05. The van der Waals surface area contributed by atoms with Crippen molar-refractivity contribution in [2.45, 2.75) is 32.7 Å². The van der Waals surface area contributed by atoms with E-state index in [0.29, 0.717) is 5.89 Å². The first-order chi connectivity index (χ1) is 15.1. The largest absolute Gasteiger partial charge is 0.444 e. The van der Waals surface area contributed by atoms with Crippen LogP contribution in [-0.4, -0.2) is 41.0 Å². The summed E-state index contributed by atoms with van der Waals surface area (Å²) in [5.41, 5.74) is 9.36. The van der Waals surface area contributed by atoms with Gasteiger partial charge in [-0.2, -0.15) is 0 Å². The fourth-order valence-corrected chi connectivity index (χ4v) is 4.24. The second-order valence-electron chi connectivity index (χ2n) is 8.22. The molecule has 0 aliphatic carbocycles. The van der Waals surface area contributed by atoms with Crippen molar-refractivity contribution in [1.82, 2.24) is 15.0 Å². The van der Waals surface area contributed by atoms with Crippen molar-refractivity contribution in [3.63, 3.8) is 0 Å². The van der Waals surface area contributed by atoms with Crippen LogP contribution in [0.25, 0.3) is 11.5 Å². The zero-order valence-corrected chi connectivity index (χ0v) is 17.8. The van der Waals surface area contributed by atoms with Gasteiger partial charge in [-0.3, -0.25) is 9.78 Å². The third kappa shape index (κ3) is 3.98. The highest BCUT2D eigenvalue weighted by Gasteiger charge is 2.23. The van der Waals surface area contributed by atoms with Crippen molar-refractivity contribution in [2.75, 3.05) is 35.8 Å². The predicted octanol–water partition coefficient (Wildman–Crippen LogP) is 4.06. The molecule has 1 fully saturated rings. The summed E-state index contributed by atoms with van der Waals surface area (Å²) in [7, 11) is 2.01. The molecule has 0 atom stereocenters. The zero-order chi connectivity index (χ0) is 21.4. The molecule has 0 unspecified atom stereocenters. The number of pyridine rings is 1. The Bertz CT molecular complexity index is 1120. The molecule has 4 heterocycles. The number of aryl methyl sites for hydroxylation is 1. The minimum Gasteiger partial charge on any atom is -0.444 e. The molecule has 1 saturated heterocycles. The van der Waals surface area contributed by atoms with Crippen LogP contribution in [-0.2, 0) is 6.54 Å². The number of benzene rings is 1. The van der Waals surface area contributed by atoms with Gasteiger partial charge in [-0.1, -0.05) is 0 Å². The fraction of sp³-hybridized carbons (Fsp3) is 0.348. The van der Waals surface area contributed by atoms with Gasteiger partial charge in [0.1, 0.15) is 6.26 Å². The van der Waals surface area contributed by atoms with Crippen LogP contribution < -0.4 is 15.6 Å². The maximum atomic E-state index is 13.0. The van der Waals surface area contributed by atoms with E-state index in [2.05, 4.69) is 31.7 Å². The fourth-order valence-electron chi connectivity index (χ4n) is 4.24. The lowest BCUT2D eigenvalue weighted by Gasteiger charge is -2.31. The molecule has 31 heavy (non-hydrogen) atoms. The molecule has 0 bridgehead atoms. The van der Waals surface area contributed by atoms with Gasteiger partial charge in [0.2, 0.25) is 5.89 Å². The first-order valence-corrected chi connectivity index (χ1v) is 10.7. The molecule has 1 aromatic carbocycles. The highest BCUT2D eigenvalue weighted by Crippen LogP contribution is 2.37. The molecule has 8 heteroatoms. The van der Waals surface area contributed by atoms with E-state index in [9.17, 15) is 4.79 Å². The predicted molar refractivity (Wildman–Crippen MR) is 120 cm³/mol. The molecule has 0 radical (unpaired) electrons. The van der Waals surface area contributed by atoms with Crippen molar-refractivity contribution in [3.05, 3.63) is 53.7 Å². The minimum absolute atomic E-state index is 0.250. The number of carbonyl (C=O) groups is 1. The van der Waals surface area contributed by atoms with Gasteiger partial charge >= 0.3 is 0 Å². The Morgan fingerprint density at radius 3 is 2.84 bits per heavy atom. The second kappa shape index (κ2) is 8.03. The number of hydrogen-bond donors (Lipinski definition) is 2. The van der Waals surface area contributed by atoms with Crippen molar-refractivity contribution >= 4 is 23.0 Å². The van der Waals surface area contributed by atoms with Gasteiger partial charge < -0.3 is 20.1 Å². The van der Waals surface area contributed by atoms with Crippen molar-refractivity contribution in [3.8, 4) is 11.5 Å². The van der Waals surface area contributed by atoms with Gasteiger partial charge in [0.15, 0.2) is 5.69 Å². The van der Waals surface area contributed by atoms with Crippen LogP contribution in [0.3, 0.4) is 0 Å². The monoisotopic (exact) mass is 418 g/mol. The number of hydrogen-bond acceptors (Lipinski definition) is 7. The van der Waals surface area contributed by atoms with Crippen molar-refractivity contribution in [2.24, 2.45) is 0 Å². The summed E-state index contributed by atoms with van der Waals surface area (Å²) in [5, 5.41) is 5.11.